The Morgan fingerprint density at radius 2 is 1.55 bits per heavy atom. The van der Waals surface area contributed by atoms with Gasteiger partial charge in [0.05, 0.1) is 0 Å². The standard InChI is InChI=1S/C18H23NOS2/c1-4-15-21-18(19(2)3,20-16-11-7-5-8-12-16)22-17-13-9-6-10-14-17/h5-14H,4,15H2,1-3H3. The molecule has 0 aromatic heterocycles. The second kappa shape index (κ2) is 8.51. The molecule has 0 aliphatic carbocycles. The number of rotatable bonds is 8. The molecule has 2 rings (SSSR count). The number of para-hydroxylation sites is 1. The Kier molecular flexibility index (Phi) is 6.68. The first kappa shape index (κ1) is 17.3. The Morgan fingerprint density at radius 1 is 0.955 bits per heavy atom. The van der Waals surface area contributed by atoms with Gasteiger partial charge >= 0.3 is 0 Å². The van der Waals surface area contributed by atoms with Crippen molar-refractivity contribution in [3.05, 3.63) is 60.7 Å². The number of ether oxygens (including phenoxy) is 1. The van der Waals surface area contributed by atoms with Crippen molar-refractivity contribution < 1.29 is 4.74 Å². The lowest BCUT2D eigenvalue weighted by molar-refractivity contribution is 0.113. The predicted octanol–water partition coefficient (Wildman–Crippen LogP) is 5.17. The van der Waals surface area contributed by atoms with Gasteiger partial charge in [-0.3, -0.25) is 4.90 Å². The smallest absolute Gasteiger partial charge is 0.264 e. The zero-order valence-corrected chi connectivity index (χ0v) is 15.0. The highest BCUT2D eigenvalue weighted by Crippen LogP contribution is 2.45. The van der Waals surface area contributed by atoms with Gasteiger partial charge in [0.25, 0.3) is 4.39 Å². The second-order valence-electron chi connectivity index (χ2n) is 5.10. The number of nitrogens with zero attached hydrogens (tertiary/aromatic N) is 1. The molecule has 2 nitrogen and oxygen atoms in total. The van der Waals surface area contributed by atoms with Crippen LogP contribution in [0.4, 0.5) is 0 Å². The van der Waals surface area contributed by atoms with E-state index in [1.54, 1.807) is 11.8 Å². The summed E-state index contributed by atoms with van der Waals surface area (Å²) in [6.07, 6.45) is 1.12. The molecule has 0 saturated heterocycles. The third-order valence-electron chi connectivity index (χ3n) is 3.02. The fourth-order valence-electron chi connectivity index (χ4n) is 1.90. The minimum absolute atomic E-state index is 0.473. The molecule has 0 bridgehead atoms. The van der Waals surface area contributed by atoms with E-state index in [0.29, 0.717) is 0 Å². The molecule has 1 unspecified atom stereocenters. The molecule has 0 aliphatic heterocycles. The maximum Gasteiger partial charge on any atom is 0.264 e. The average Bonchev–Trinajstić information content (AvgIpc) is 2.54. The molecule has 0 heterocycles. The van der Waals surface area contributed by atoms with E-state index in [-0.39, 0.29) is 0 Å². The highest BCUT2D eigenvalue weighted by atomic mass is 32.2. The van der Waals surface area contributed by atoms with Crippen LogP contribution in [-0.2, 0) is 0 Å². The van der Waals surface area contributed by atoms with Crippen LogP contribution >= 0.6 is 23.5 Å². The first-order valence-corrected chi connectivity index (χ1v) is 9.26. The molecule has 4 heteroatoms. The maximum absolute atomic E-state index is 6.42. The minimum Gasteiger partial charge on any atom is -0.453 e. The lowest BCUT2D eigenvalue weighted by Crippen LogP contribution is -2.43. The number of thioether (sulfide) groups is 2. The molecule has 0 fully saturated rings. The summed E-state index contributed by atoms with van der Waals surface area (Å²) in [5, 5.41) is 0. The number of benzene rings is 2. The molecular formula is C18H23NOS2. The van der Waals surface area contributed by atoms with Crippen LogP contribution in [0.2, 0.25) is 0 Å². The van der Waals surface area contributed by atoms with E-state index in [9.17, 15) is 0 Å². The molecule has 22 heavy (non-hydrogen) atoms. The van der Waals surface area contributed by atoms with Crippen LogP contribution in [0.25, 0.3) is 0 Å². The summed E-state index contributed by atoms with van der Waals surface area (Å²) < 4.78 is 5.95. The van der Waals surface area contributed by atoms with E-state index in [0.717, 1.165) is 17.9 Å². The van der Waals surface area contributed by atoms with Crippen molar-refractivity contribution in [1.82, 2.24) is 4.90 Å². The van der Waals surface area contributed by atoms with E-state index >= 15 is 0 Å². The molecule has 118 valence electrons. The quantitative estimate of drug-likeness (QED) is 0.487. The van der Waals surface area contributed by atoms with E-state index in [2.05, 4.69) is 50.2 Å². The Morgan fingerprint density at radius 3 is 2.09 bits per heavy atom. The van der Waals surface area contributed by atoms with Gasteiger partial charge in [0.2, 0.25) is 0 Å². The molecule has 2 aromatic rings. The van der Waals surface area contributed by atoms with Gasteiger partial charge in [0.1, 0.15) is 5.75 Å². The van der Waals surface area contributed by atoms with Gasteiger partial charge in [-0.2, -0.15) is 0 Å². The van der Waals surface area contributed by atoms with Crippen molar-refractivity contribution in [1.29, 1.82) is 0 Å². The third kappa shape index (κ3) is 4.70. The molecule has 0 N–H and O–H groups in total. The third-order valence-corrected chi connectivity index (χ3v) is 6.26. The first-order chi connectivity index (χ1) is 10.7. The fourth-order valence-corrected chi connectivity index (χ4v) is 4.46. The molecule has 1 atom stereocenters. The fraction of sp³-hybridized carbons (Fsp3) is 0.333. The Balaban J connectivity index is 2.28. The van der Waals surface area contributed by atoms with Crippen LogP contribution in [0.1, 0.15) is 13.3 Å². The monoisotopic (exact) mass is 333 g/mol. The predicted molar refractivity (Wildman–Crippen MR) is 98.5 cm³/mol. The summed E-state index contributed by atoms with van der Waals surface area (Å²) in [6, 6.07) is 20.5. The molecule has 0 saturated carbocycles. The highest BCUT2D eigenvalue weighted by molar-refractivity contribution is 8.17. The van der Waals surface area contributed by atoms with Gasteiger partial charge in [-0.15, -0.1) is 0 Å². The summed E-state index contributed by atoms with van der Waals surface area (Å²) in [5.74, 6) is 1.94. The zero-order chi connectivity index (χ0) is 15.8. The minimum atomic E-state index is -0.473. The van der Waals surface area contributed by atoms with Gasteiger partial charge in [-0.25, -0.2) is 0 Å². The lowest BCUT2D eigenvalue weighted by Gasteiger charge is -2.38. The largest absolute Gasteiger partial charge is 0.453 e. The van der Waals surface area contributed by atoms with Crippen LogP contribution in [0.5, 0.6) is 5.75 Å². The summed E-state index contributed by atoms with van der Waals surface area (Å²) >= 11 is 3.58. The summed E-state index contributed by atoms with van der Waals surface area (Å²) in [4.78, 5) is 3.36. The van der Waals surface area contributed by atoms with Crippen LogP contribution in [-0.4, -0.2) is 29.1 Å². The van der Waals surface area contributed by atoms with Gasteiger partial charge < -0.3 is 4.74 Å². The van der Waals surface area contributed by atoms with Crippen LogP contribution in [0.15, 0.2) is 65.6 Å². The Bertz CT molecular complexity index is 504. The first-order valence-electron chi connectivity index (χ1n) is 7.46. The molecular weight excluding hydrogens is 310 g/mol. The van der Waals surface area contributed by atoms with Gasteiger partial charge in [-0.1, -0.05) is 66.8 Å². The van der Waals surface area contributed by atoms with Crippen molar-refractivity contribution in [2.75, 3.05) is 19.8 Å². The highest BCUT2D eigenvalue weighted by Gasteiger charge is 2.37. The molecule has 0 radical (unpaired) electrons. The van der Waals surface area contributed by atoms with Crippen molar-refractivity contribution in [2.45, 2.75) is 22.6 Å². The average molecular weight is 334 g/mol. The van der Waals surface area contributed by atoms with Crippen molar-refractivity contribution in [3.8, 4) is 5.75 Å². The van der Waals surface area contributed by atoms with Crippen LogP contribution in [0.3, 0.4) is 0 Å². The molecule has 0 amide bonds. The summed E-state index contributed by atoms with van der Waals surface area (Å²) in [7, 11) is 4.14. The SMILES string of the molecule is CCCSC(Oc1ccccc1)(Sc1ccccc1)N(C)C. The molecule has 0 spiro atoms. The van der Waals surface area contributed by atoms with E-state index < -0.39 is 4.39 Å². The number of hydrogen-bond acceptors (Lipinski definition) is 4. The molecule has 0 aliphatic rings. The maximum atomic E-state index is 6.42. The topological polar surface area (TPSA) is 12.5 Å². The van der Waals surface area contributed by atoms with Crippen molar-refractivity contribution in [2.24, 2.45) is 0 Å². The van der Waals surface area contributed by atoms with Gasteiger partial charge in [-0.05, 0) is 50.5 Å². The van der Waals surface area contributed by atoms with E-state index in [1.165, 1.54) is 4.90 Å². The Hall–Kier alpha value is -1.10. The van der Waals surface area contributed by atoms with Crippen LogP contribution in [0, 0.1) is 0 Å². The van der Waals surface area contributed by atoms with E-state index in [1.807, 2.05) is 48.2 Å². The molecule has 2 aromatic carbocycles. The normalized spacial score (nSPS) is 13.8. The van der Waals surface area contributed by atoms with Crippen LogP contribution < -0.4 is 4.74 Å². The zero-order valence-electron chi connectivity index (χ0n) is 13.4. The number of hydrogen-bond donors (Lipinski definition) is 0. The summed E-state index contributed by atoms with van der Waals surface area (Å²) in [5.41, 5.74) is 0. The van der Waals surface area contributed by atoms with E-state index in [4.69, 9.17) is 4.74 Å². The van der Waals surface area contributed by atoms with Gasteiger partial charge in [0.15, 0.2) is 0 Å². The summed E-state index contributed by atoms with van der Waals surface area (Å²) in [6.45, 7) is 2.20. The lowest BCUT2D eigenvalue weighted by atomic mass is 10.3. The second-order valence-corrected chi connectivity index (χ2v) is 7.83. The van der Waals surface area contributed by atoms with Gasteiger partial charge in [0, 0.05) is 4.90 Å². The Labute approximate surface area is 142 Å². The van der Waals surface area contributed by atoms with Crippen molar-refractivity contribution >= 4 is 23.5 Å². The van der Waals surface area contributed by atoms with Crippen molar-refractivity contribution in [3.63, 3.8) is 0 Å².